The Balaban J connectivity index is 0.000000668. The lowest BCUT2D eigenvalue weighted by Crippen LogP contribution is -2.23. The quantitative estimate of drug-likeness (QED) is 0.420. The van der Waals surface area contributed by atoms with Gasteiger partial charge in [-0.05, 0) is 43.9 Å². The second-order valence-electron chi connectivity index (χ2n) is 7.73. The summed E-state index contributed by atoms with van der Waals surface area (Å²) in [5, 5.41) is 10.7. The molecule has 0 aliphatic heterocycles. The SMILES string of the molecule is CC(=O)O.CN(C)Cc1ccc(Nc2ccc(N)c3c2C(=O)c2ccccc2C3=O)cc1. The lowest BCUT2D eigenvalue weighted by atomic mass is 9.82. The van der Waals surface area contributed by atoms with Gasteiger partial charge in [-0.2, -0.15) is 0 Å². The number of nitrogens with two attached hydrogens (primary N) is 1. The summed E-state index contributed by atoms with van der Waals surface area (Å²) < 4.78 is 0. The van der Waals surface area contributed by atoms with E-state index in [0.717, 1.165) is 19.2 Å². The van der Waals surface area contributed by atoms with E-state index >= 15 is 0 Å². The van der Waals surface area contributed by atoms with Crippen molar-refractivity contribution in [2.75, 3.05) is 25.1 Å². The first kappa shape index (κ1) is 22.7. The summed E-state index contributed by atoms with van der Waals surface area (Å²) in [6, 6.07) is 18.3. The van der Waals surface area contributed by atoms with Gasteiger partial charge in [-0.15, -0.1) is 0 Å². The summed E-state index contributed by atoms with van der Waals surface area (Å²) in [4.78, 5) is 37.2. The van der Waals surface area contributed by atoms with Crippen LogP contribution in [-0.2, 0) is 11.3 Å². The number of hydrogen-bond donors (Lipinski definition) is 3. The average molecular weight is 431 g/mol. The van der Waals surface area contributed by atoms with Crippen molar-refractivity contribution in [3.05, 3.63) is 88.5 Å². The van der Waals surface area contributed by atoms with Crippen LogP contribution in [-0.4, -0.2) is 41.6 Å². The van der Waals surface area contributed by atoms with Crippen molar-refractivity contribution < 1.29 is 19.5 Å². The second kappa shape index (κ2) is 9.45. The Bertz CT molecular complexity index is 1180. The van der Waals surface area contributed by atoms with E-state index < -0.39 is 5.97 Å². The zero-order valence-electron chi connectivity index (χ0n) is 18.2. The zero-order chi connectivity index (χ0) is 23.4. The maximum Gasteiger partial charge on any atom is 0.300 e. The molecule has 7 heteroatoms. The molecule has 0 atom stereocenters. The monoisotopic (exact) mass is 431 g/mol. The molecule has 1 aliphatic rings. The van der Waals surface area contributed by atoms with Gasteiger partial charge in [0.25, 0.3) is 5.97 Å². The summed E-state index contributed by atoms with van der Waals surface area (Å²) in [5.41, 5.74) is 10.4. The number of benzene rings is 3. The third-order valence-electron chi connectivity index (χ3n) is 4.84. The summed E-state index contributed by atoms with van der Waals surface area (Å²) in [5.74, 6) is -1.24. The minimum Gasteiger partial charge on any atom is -0.481 e. The first-order chi connectivity index (χ1) is 15.2. The van der Waals surface area contributed by atoms with E-state index in [9.17, 15) is 9.59 Å². The molecule has 32 heavy (non-hydrogen) atoms. The largest absolute Gasteiger partial charge is 0.481 e. The number of nitrogens with one attached hydrogen (secondary N) is 1. The van der Waals surface area contributed by atoms with Crippen LogP contribution in [0.2, 0.25) is 0 Å². The van der Waals surface area contributed by atoms with Gasteiger partial charge in [0.1, 0.15) is 0 Å². The standard InChI is InChI=1S/C23H21N3O2.C2H4O2/c1-26(2)13-14-7-9-15(10-8-14)25-19-12-11-18(24)20-21(19)23(28)17-6-4-3-5-16(17)22(20)27;1-2(3)4/h3-12,25H,13,24H2,1-2H3;1H3,(H,3,4). The van der Waals surface area contributed by atoms with Crippen LogP contribution in [0, 0.1) is 0 Å². The molecule has 0 fully saturated rings. The van der Waals surface area contributed by atoms with Crippen LogP contribution in [0.1, 0.15) is 44.3 Å². The van der Waals surface area contributed by atoms with E-state index in [1.54, 1.807) is 36.4 Å². The number of carboxylic acid groups (broad SMARTS) is 1. The van der Waals surface area contributed by atoms with Gasteiger partial charge in [-0.25, -0.2) is 0 Å². The van der Waals surface area contributed by atoms with Crippen molar-refractivity contribution >= 4 is 34.6 Å². The maximum atomic E-state index is 13.1. The molecule has 0 saturated carbocycles. The number of ketones is 2. The zero-order valence-corrected chi connectivity index (χ0v) is 18.2. The number of nitrogen functional groups attached to an aromatic ring is 1. The van der Waals surface area contributed by atoms with Crippen molar-refractivity contribution in [3.8, 4) is 0 Å². The number of anilines is 3. The summed E-state index contributed by atoms with van der Waals surface area (Å²) >= 11 is 0. The fraction of sp³-hybridized carbons (Fsp3) is 0.160. The fourth-order valence-electron chi connectivity index (χ4n) is 3.57. The molecule has 0 heterocycles. The molecule has 4 rings (SSSR count). The molecule has 0 saturated heterocycles. The highest BCUT2D eigenvalue weighted by molar-refractivity contribution is 6.31. The number of rotatable bonds is 4. The van der Waals surface area contributed by atoms with Crippen molar-refractivity contribution in [1.82, 2.24) is 4.90 Å². The number of carbonyl (C=O) groups is 3. The topological polar surface area (TPSA) is 113 Å². The summed E-state index contributed by atoms with van der Waals surface area (Å²) in [6.45, 7) is 1.93. The first-order valence-electron chi connectivity index (χ1n) is 10.00. The predicted octanol–water partition coefficient (Wildman–Crippen LogP) is 3.94. The molecule has 0 spiro atoms. The molecular formula is C25H25N3O4. The molecular weight excluding hydrogens is 406 g/mol. The van der Waals surface area contributed by atoms with E-state index in [4.69, 9.17) is 15.6 Å². The van der Waals surface area contributed by atoms with E-state index in [-0.39, 0.29) is 17.1 Å². The lowest BCUT2D eigenvalue weighted by molar-refractivity contribution is -0.134. The average Bonchev–Trinajstić information content (AvgIpc) is 2.74. The molecule has 0 unspecified atom stereocenters. The third kappa shape index (κ3) is 4.84. The van der Waals surface area contributed by atoms with E-state index in [0.29, 0.717) is 28.1 Å². The molecule has 0 amide bonds. The van der Waals surface area contributed by atoms with Crippen LogP contribution in [0.5, 0.6) is 0 Å². The van der Waals surface area contributed by atoms with Crippen LogP contribution < -0.4 is 11.1 Å². The van der Waals surface area contributed by atoms with Crippen LogP contribution in [0.15, 0.2) is 60.7 Å². The van der Waals surface area contributed by atoms with Crippen molar-refractivity contribution in [3.63, 3.8) is 0 Å². The van der Waals surface area contributed by atoms with Crippen molar-refractivity contribution in [2.24, 2.45) is 0 Å². The van der Waals surface area contributed by atoms with Gasteiger partial charge in [0.15, 0.2) is 11.6 Å². The molecule has 164 valence electrons. The van der Waals surface area contributed by atoms with Crippen LogP contribution >= 0.6 is 0 Å². The number of carbonyl (C=O) groups excluding carboxylic acids is 2. The minimum atomic E-state index is -0.833. The van der Waals surface area contributed by atoms with Gasteiger partial charge in [0, 0.05) is 36.0 Å². The van der Waals surface area contributed by atoms with Gasteiger partial charge in [0.2, 0.25) is 0 Å². The van der Waals surface area contributed by atoms with E-state index in [1.807, 2.05) is 38.4 Å². The number of hydrogen-bond acceptors (Lipinski definition) is 6. The number of nitrogens with zero attached hydrogens (tertiary/aromatic N) is 1. The number of fused-ring (bicyclic) bond motifs is 2. The lowest BCUT2D eigenvalue weighted by Gasteiger charge is -2.22. The van der Waals surface area contributed by atoms with Gasteiger partial charge < -0.3 is 21.1 Å². The van der Waals surface area contributed by atoms with Gasteiger partial charge in [-0.1, -0.05) is 36.4 Å². The second-order valence-corrected chi connectivity index (χ2v) is 7.73. The molecule has 0 bridgehead atoms. The highest BCUT2D eigenvalue weighted by Crippen LogP contribution is 2.36. The number of aliphatic carboxylic acids is 1. The van der Waals surface area contributed by atoms with Crippen LogP contribution in [0.3, 0.4) is 0 Å². The summed E-state index contributed by atoms with van der Waals surface area (Å²) in [6.07, 6.45) is 0. The highest BCUT2D eigenvalue weighted by atomic mass is 16.4. The van der Waals surface area contributed by atoms with Crippen molar-refractivity contribution in [2.45, 2.75) is 13.5 Å². The third-order valence-corrected chi connectivity index (χ3v) is 4.84. The van der Waals surface area contributed by atoms with Gasteiger partial charge in [-0.3, -0.25) is 14.4 Å². The van der Waals surface area contributed by atoms with Gasteiger partial charge in [0.05, 0.1) is 16.8 Å². The van der Waals surface area contributed by atoms with E-state index in [1.165, 1.54) is 5.56 Å². The fourth-order valence-corrected chi connectivity index (χ4v) is 3.57. The Morgan fingerprint density at radius 1 is 0.906 bits per heavy atom. The Morgan fingerprint density at radius 2 is 1.44 bits per heavy atom. The van der Waals surface area contributed by atoms with Gasteiger partial charge >= 0.3 is 0 Å². The molecule has 4 N–H and O–H groups in total. The molecule has 1 aliphatic carbocycles. The predicted molar refractivity (Wildman–Crippen MR) is 125 cm³/mol. The Hall–Kier alpha value is -3.97. The Labute approximate surface area is 186 Å². The molecule has 0 aromatic heterocycles. The van der Waals surface area contributed by atoms with Crippen LogP contribution in [0.25, 0.3) is 0 Å². The molecule has 3 aromatic rings. The number of carboxylic acids is 1. The molecule has 0 radical (unpaired) electrons. The molecule has 7 nitrogen and oxygen atoms in total. The van der Waals surface area contributed by atoms with Crippen LogP contribution in [0.4, 0.5) is 17.1 Å². The van der Waals surface area contributed by atoms with E-state index in [2.05, 4.69) is 10.2 Å². The highest BCUT2D eigenvalue weighted by Gasteiger charge is 2.33. The molecule has 3 aromatic carbocycles. The van der Waals surface area contributed by atoms with Crippen molar-refractivity contribution in [1.29, 1.82) is 0 Å². The normalized spacial score (nSPS) is 11.9. The Morgan fingerprint density at radius 3 is 1.97 bits per heavy atom. The Kier molecular flexibility index (Phi) is 6.70. The summed E-state index contributed by atoms with van der Waals surface area (Å²) in [7, 11) is 4.04. The smallest absolute Gasteiger partial charge is 0.300 e. The first-order valence-corrected chi connectivity index (χ1v) is 10.00. The maximum absolute atomic E-state index is 13.1. The minimum absolute atomic E-state index is 0.191.